The zero-order valence-corrected chi connectivity index (χ0v) is 15.6. The maximum absolute atomic E-state index is 12.5. The molecule has 22 heavy (non-hydrogen) atoms. The van der Waals surface area contributed by atoms with Gasteiger partial charge in [-0.05, 0) is 73.5 Å². The van der Waals surface area contributed by atoms with Gasteiger partial charge in [0.1, 0.15) is 10.3 Å². The van der Waals surface area contributed by atoms with Gasteiger partial charge in [0, 0.05) is 11.7 Å². The molecular weight excluding hydrogens is 360 g/mol. The molecule has 0 aliphatic carbocycles. The monoisotopic (exact) mass is 378 g/mol. The van der Waals surface area contributed by atoms with E-state index in [-0.39, 0.29) is 11.8 Å². The summed E-state index contributed by atoms with van der Waals surface area (Å²) in [7, 11) is 0. The predicted octanol–water partition coefficient (Wildman–Crippen LogP) is 5.42. The third-order valence-corrected chi connectivity index (χ3v) is 4.55. The molecule has 0 aliphatic heterocycles. The maximum Gasteiger partial charge on any atom is 0.207 e. The Morgan fingerprint density at radius 2 is 1.82 bits per heavy atom. The number of aryl methyl sites for hydroxylation is 1. The average molecular weight is 379 g/mol. The quantitative estimate of drug-likeness (QED) is 0.403. The van der Waals surface area contributed by atoms with Crippen molar-refractivity contribution in [2.24, 2.45) is 0 Å². The van der Waals surface area contributed by atoms with Crippen molar-refractivity contribution in [3.05, 3.63) is 57.0 Å². The molecule has 0 saturated carbocycles. The van der Waals surface area contributed by atoms with Gasteiger partial charge in [0.05, 0.1) is 0 Å². The van der Waals surface area contributed by atoms with Crippen molar-refractivity contribution in [2.45, 2.75) is 33.7 Å². The van der Waals surface area contributed by atoms with Crippen LogP contribution in [0.3, 0.4) is 0 Å². The predicted molar refractivity (Wildman–Crippen MR) is 96.6 cm³/mol. The molecule has 0 bridgehead atoms. The Kier molecular flexibility index (Phi) is 4.87. The lowest BCUT2D eigenvalue weighted by Crippen LogP contribution is -2.12. The minimum Gasteiger partial charge on any atom is -0.310 e. The number of benzene rings is 1. The number of carbonyl (C=O) groups is 1. The molecule has 0 atom stereocenters. The van der Waals surface area contributed by atoms with Crippen molar-refractivity contribution in [3.8, 4) is 5.69 Å². The van der Waals surface area contributed by atoms with Crippen LogP contribution in [0.1, 0.15) is 42.9 Å². The molecular formula is C17H19BrN2OS. The van der Waals surface area contributed by atoms with Crippen LogP contribution in [-0.2, 0) is 0 Å². The zero-order chi connectivity index (χ0) is 16.6. The smallest absolute Gasteiger partial charge is 0.207 e. The van der Waals surface area contributed by atoms with Crippen LogP contribution in [0.5, 0.6) is 0 Å². The summed E-state index contributed by atoms with van der Waals surface area (Å²) in [5.74, 6) is -0.0995. The van der Waals surface area contributed by atoms with Crippen molar-refractivity contribution >= 4 is 33.9 Å². The molecule has 1 aromatic heterocycles. The lowest BCUT2D eigenvalue weighted by atomic mass is 10.1. The highest BCUT2D eigenvalue weighted by Gasteiger charge is 2.24. The fraction of sp³-hybridized carbons (Fsp3) is 0.294. The molecule has 0 fully saturated rings. The van der Waals surface area contributed by atoms with E-state index < -0.39 is 0 Å². The van der Waals surface area contributed by atoms with Gasteiger partial charge in [-0.1, -0.05) is 24.3 Å². The van der Waals surface area contributed by atoms with Gasteiger partial charge in [-0.3, -0.25) is 9.36 Å². The summed E-state index contributed by atoms with van der Waals surface area (Å²) in [5.41, 5.74) is 3.14. The molecule has 0 aliphatic rings. The van der Waals surface area contributed by atoms with Crippen LogP contribution in [0.25, 0.3) is 5.69 Å². The van der Waals surface area contributed by atoms with Crippen molar-refractivity contribution in [2.75, 3.05) is 0 Å². The molecule has 0 unspecified atom stereocenters. The largest absolute Gasteiger partial charge is 0.310 e. The highest BCUT2D eigenvalue weighted by atomic mass is 79.9. The first-order valence-corrected chi connectivity index (χ1v) is 8.25. The summed E-state index contributed by atoms with van der Waals surface area (Å²) in [6.07, 6.45) is 0. The van der Waals surface area contributed by atoms with E-state index in [0.717, 1.165) is 5.69 Å². The lowest BCUT2D eigenvalue weighted by Gasteiger charge is -2.11. The van der Waals surface area contributed by atoms with Crippen molar-refractivity contribution in [1.82, 2.24) is 9.13 Å². The number of hydrogen-bond donors (Lipinski definition) is 0. The second kappa shape index (κ2) is 6.34. The number of allylic oxidation sites excluding steroid dienone is 1. The van der Waals surface area contributed by atoms with Crippen LogP contribution in [0.15, 0.2) is 41.0 Å². The van der Waals surface area contributed by atoms with Gasteiger partial charge in [0.15, 0.2) is 4.77 Å². The molecule has 1 heterocycles. The average Bonchev–Trinajstić information content (AvgIpc) is 2.70. The van der Waals surface area contributed by atoms with E-state index in [1.807, 2.05) is 54.2 Å². The first-order chi connectivity index (χ1) is 10.3. The summed E-state index contributed by atoms with van der Waals surface area (Å²) in [6, 6.07) is 8.12. The van der Waals surface area contributed by atoms with Gasteiger partial charge < -0.3 is 4.57 Å². The van der Waals surface area contributed by atoms with Gasteiger partial charge in [-0.2, -0.15) is 0 Å². The number of hydrogen-bond acceptors (Lipinski definition) is 2. The van der Waals surface area contributed by atoms with Crippen LogP contribution in [-0.4, -0.2) is 14.9 Å². The van der Waals surface area contributed by atoms with Crippen LogP contribution in [0.2, 0.25) is 0 Å². The Morgan fingerprint density at radius 1 is 1.27 bits per heavy atom. The van der Waals surface area contributed by atoms with Gasteiger partial charge in [0.2, 0.25) is 5.78 Å². The molecule has 3 nitrogen and oxygen atoms in total. The van der Waals surface area contributed by atoms with Crippen molar-refractivity contribution in [1.29, 1.82) is 0 Å². The van der Waals surface area contributed by atoms with Crippen LogP contribution >= 0.6 is 28.1 Å². The first-order valence-electron chi connectivity index (χ1n) is 7.05. The SMILES string of the molecule is C=C(C)C(=O)c1c(Br)n(-c2ccc(C)cc2)c(=S)n1C(C)C. The van der Waals surface area contributed by atoms with Crippen LogP contribution in [0, 0.1) is 11.7 Å². The molecule has 2 aromatic rings. The third kappa shape index (κ3) is 2.88. The fourth-order valence-corrected chi connectivity index (χ4v) is 3.65. The molecule has 1 aromatic carbocycles. The third-order valence-electron chi connectivity index (χ3n) is 3.44. The van der Waals surface area contributed by atoms with Crippen LogP contribution < -0.4 is 0 Å². The Hall–Kier alpha value is -1.46. The van der Waals surface area contributed by atoms with E-state index in [9.17, 15) is 4.79 Å². The van der Waals surface area contributed by atoms with E-state index in [0.29, 0.717) is 20.6 Å². The van der Waals surface area contributed by atoms with Crippen molar-refractivity contribution in [3.63, 3.8) is 0 Å². The van der Waals surface area contributed by atoms with E-state index in [1.165, 1.54) is 5.56 Å². The molecule has 0 amide bonds. The summed E-state index contributed by atoms with van der Waals surface area (Å²) in [5, 5.41) is 0. The number of Topliss-reactive ketones (excluding diaryl/α,β-unsaturated/α-hetero) is 1. The highest BCUT2D eigenvalue weighted by molar-refractivity contribution is 9.10. The van der Waals surface area contributed by atoms with Crippen molar-refractivity contribution < 1.29 is 4.79 Å². The van der Waals surface area contributed by atoms with E-state index in [4.69, 9.17) is 12.2 Å². The van der Waals surface area contributed by atoms with E-state index in [2.05, 4.69) is 22.5 Å². The number of halogens is 1. The Bertz CT molecular complexity index is 797. The second-order valence-electron chi connectivity index (χ2n) is 5.67. The molecule has 0 N–H and O–H groups in total. The number of aromatic nitrogens is 2. The van der Waals surface area contributed by atoms with Gasteiger partial charge >= 0.3 is 0 Å². The molecule has 116 valence electrons. The Labute approximate surface area is 144 Å². The van der Waals surface area contributed by atoms with Gasteiger partial charge in [-0.15, -0.1) is 0 Å². The van der Waals surface area contributed by atoms with E-state index >= 15 is 0 Å². The number of rotatable bonds is 4. The summed E-state index contributed by atoms with van der Waals surface area (Å²) >= 11 is 9.17. The van der Waals surface area contributed by atoms with Crippen LogP contribution in [0.4, 0.5) is 0 Å². The minimum absolute atomic E-state index is 0.0776. The number of nitrogens with zero attached hydrogens (tertiary/aromatic N) is 2. The topological polar surface area (TPSA) is 26.9 Å². The minimum atomic E-state index is -0.0995. The summed E-state index contributed by atoms with van der Waals surface area (Å²) in [6.45, 7) is 11.5. The lowest BCUT2D eigenvalue weighted by molar-refractivity contribution is 0.102. The molecule has 2 rings (SSSR count). The summed E-state index contributed by atoms with van der Waals surface area (Å²) < 4.78 is 5.01. The highest BCUT2D eigenvalue weighted by Crippen LogP contribution is 2.29. The van der Waals surface area contributed by atoms with Gasteiger partial charge in [-0.25, -0.2) is 0 Å². The van der Waals surface area contributed by atoms with Gasteiger partial charge in [0.25, 0.3) is 0 Å². The Balaban J connectivity index is 2.80. The fourth-order valence-electron chi connectivity index (χ4n) is 2.29. The first kappa shape index (κ1) is 16.9. The maximum atomic E-state index is 12.5. The molecule has 5 heteroatoms. The number of imidazole rings is 1. The summed E-state index contributed by atoms with van der Waals surface area (Å²) in [4.78, 5) is 12.5. The second-order valence-corrected chi connectivity index (χ2v) is 6.78. The normalized spacial score (nSPS) is 11.0. The standard InChI is InChI=1S/C17H19BrN2OS/c1-10(2)15(21)14-16(18)20(17(22)19(14)11(3)4)13-8-6-12(5)7-9-13/h6-9,11H,1H2,2-5H3. The molecule has 0 spiro atoms. The Morgan fingerprint density at radius 3 is 2.27 bits per heavy atom. The molecule has 0 radical (unpaired) electrons. The number of ketones is 1. The van der Waals surface area contributed by atoms with E-state index in [1.54, 1.807) is 6.92 Å². The number of carbonyl (C=O) groups excluding carboxylic acids is 1. The molecule has 0 saturated heterocycles. The zero-order valence-electron chi connectivity index (χ0n) is 13.2.